The number of hydrogen-bond donors (Lipinski definition) is 2. The Bertz CT molecular complexity index is 543. The van der Waals surface area contributed by atoms with E-state index in [0.29, 0.717) is 25.9 Å². The highest BCUT2D eigenvalue weighted by atomic mass is 32.2. The van der Waals surface area contributed by atoms with Crippen molar-refractivity contribution < 1.29 is 8.42 Å². The number of rotatable bonds is 8. The summed E-state index contributed by atoms with van der Waals surface area (Å²) in [5.74, 6) is 2.54. The number of terminal acetylenes is 1. The fraction of sp³-hybridized carbons (Fsp3) is 0.583. The molecule has 0 aliphatic carbocycles. The lowest BCUT2D eigenvalue weighted by atomic mass is 10.2. The topological polar surface area (TPSA) is 90.0 Å². The molecular weight excluding hydrogens is 264 g/mol. The van der Waals surface area contributed by atoms with Gasteiger partial charge in [0.15, 0.2) is 5.82 Å². The first-order chi connectivity index (χ1) is 9.01. The van der Waals surface area contributed by atoms with Crippen molar-refractivity contribution in [2.45, 2.75) is 44.0 Å². The molecule has 0 aliphatic heterocycles. The van der Waals surface area contributed by atoms with Gasteiger partial charge in [0.2, 0.25) is 10.0 Å². The Morgan fingerprint density at radius 1 is 1.53 bits per heavy atom. The number of aryl methyl sites for hydroxylation is 1. The van der Waals surface area contributed by atoms with Crippen LogP contribution in [0.15, 0.2) is 11.1 Å². The Balaban J connectivity index is 2.64. The third-order valence-electron chi connectivity index (χ3n) is 2.54. The van der Waals surface area contributed by atoms with Crippen LogP contribution in [-0.2, 0) is 16.6 Å². The monoisotopic (exact) mass is 284 g/mol. The van der Waals surface area contributed by atoms with Gasteiger partial charge in [0, 0.05) is 25.7 Å². The predicted octanol–water partition coefficient (Wildman–Crippen LogP) is 0.957. The largest absolute Gasteiger partial charge is 0.381 e. The lowest BCUT2D eigenvalue weighted by Gasteiger charge is -2.04. The molecule has 0 fully saturated rings. The first-order valence-electron chi connectivity index (χ1n) is 6.27. The summed E-state index contributed by atoms with van der Waals surface area (Å²) in [5, 5.41) is 3.97. The smallest absolute Gasteiger partial charge is 0.245 e. The molecule has 6 nitrogen and oxygen atoms in total. The summed E-state index contributed by atoms with van der Waals surface area (Å²) in [4.78, 5) is 0.0397. The van der Waals surface area contributed by atoms with Crippen molar-refractivity contribution in [3.63, 3.8) is 0 Å². The summed E-state index contributed by atoms with van der Waals surface area (Å²) < 4.78 is 28.1. The first kappa shape index (κ1) is 15.5. The number of nitrogen functional groups attached to an aromatic ring is 1. The normalized spacial score (nSPS) is 11.4. The molecule has 1 aromatic rings. The number of unbranched alkanes of at least 4 members (excludes halogenated alkanes) is 2. The van der Waals surface area contributed by atoms with E-state index in [1.165, 1.54) is 6.20 Å². The molecule has 1 heterocycles. The highest BCUT2D eigenvalue weighted by molar-refractivity contribution is 7.89. The number of nitrogens with zero attached hydrogens (tertiary/aromatic N) is 2. The standard InChI is InChI=1S/C12H20N4O2S/c1-3-5-6-7-8-14-19(17,18)11-10-16(9-4-2)15-12(11)13/h1,10,14H,4-9H2,2H3,(H2,13,15). The molecule has 0 aromatic carbocycles. The molecule has 0 radical (unpaired) electrons. The number of aromatic nitrogens is 2. The number of nitrogens with two attached hydrogens (primary N) is 1. The zero-order valence-corrected chi connectivity index (χ0v) is 11.9. The van der Waals surface area contributed by atoms with Crippen molar-refractivity contribution in [3.05, 3.63) is 6.20 Å². The maximum Gasteiger partial charge on any atom is 0.245 e. The molecule has 0 atom stereocenters. The van der Waals surface area contributed by atoms with Crippen LogP contribution in [0.25, 0.3) is 0 Å². The Morgan fingerprint density at radius 2 is 2.26 bits per heavy atom. The molecule has 19 heavy (non-hydrogen) atoms. The fourth-order valence-electron chi connectivity index (χ4n) is 1.61. The van der Waals surface area contributed by atoms with E-state index in [1.807, 2.05) is 6.92 Å². The van der Waals surface area contributed by atoms with Gasteiger partial charge in [-0.15, -0.1) is 12.3 Å². The molecule has 7 heteroatoms. The highest BCUT2D eigenvalue weighted by Crippen LogP contribution is 2.16. The lowest BCUT2D eigenvalue weighted by molar-refractivity contribution is 0.575. The van der Waals surface area contributed by atoms with Gasteiger partial charge < -0.3 is 5.73 Å². The summed E-state index contributed by atoms with van der Waals surface area (Å²) in [6, 6.07) is 0. The van der Waals surface area contributed by atoms with E-state index in [9.17, 15) is 8.42 Å². The summed E-state index contributed by atoms with van der Waals surface area (Å²) in [6.07, 6.45) is 9.59. The van der Waals surface area contributed by atoms with Crippen molar-refractivity contribution in [3.8, 4) is 12.3 Å². The molecule has 0 saturated carbocycles. The first-order valence-corrected chi connectivity index (χ1v) is 7.75. The van der Waals surface area contributed by atoms with Gasteiger partial charge in [0.25, 0.3) is 0 Å². The SMILES string of the molecule is C#CCCCCNS(=O)(=O)c1cn(CCC)nc1N. The van der Waals surface area contributed by atoms with E-state index in [1.54, 1.807) is 4.68 Å². The number of sulfonamides is 1. The van der Waals surface area contributed by atoms with Gasteiger partial charge in [0.1, 0.15) is 4.90 Å². The molecule has 0 spiro atoms. The molecule has 0 bridgehead atoms. The Kier molecular flexibility index (Phi) is 5.86. The second-order valence-electron chi connectivity index (χ2n) is 4.20. The zero-order chi connectivity index (χ0) is 14.3. The zero-order valence-electron chi connectivity index (χ0n) is 11.1. The van der Waals surface area contributed by atoms with Gasteiger partial charge in [-0.3, -0.25) is 4.68 Å². The van der Waals surface area contributed by atoms with Crippen LogP contribution < -0.4 is 10.5 Å². The van der Waals surface area contributed by atoms with Crippen molar-refractivity contribution >= 4 is 15.8 Å². The third-order valence-corrected chi connectivity index (χ3v) is 4.01. The van der Waals surface area contributed by atoms with Gasteiger partial charge in [-0.1, -0.05) is 6.92 Å². The predicted molar refractivity (Wildman–Crippen MR) is 74.8 cm³/mol. The van der Waals surface area contributed by atoms with E-state index in [-0.39, 0.29) is 10.7 Å². The van der Waals surface area contributed by atoms with Gasteiger partial charge in [0.05, 0.1) is 0 Å². The number of anilines is 1. The molecule has 0 aliphatic rings. The molecule has 1 aromatic heterocycles. The average Bonchev–Trinajstić information content (AvgIpc) is 2.71. The van der Waals surface area contributed by atoms with E-state index in [2.05, 4.69) is 15.7 Å². The van der Waals surface area contributed by atoms with Crippen LogP contribution >= 0.6 is 0 Å². The summed E-state index contributed by atoms with van der Waals surface area (Å²) >= 11 is 0. The van der Waals surface area contributed by atoms with Crippen LogP contribution in [0.4, 0.5) is 5.82 Å². The summed E-state index contributed by atoms with van der Waals surface area (Å²) in [7, 11) is -3.59. The minimum absolute atomic E-state index is 0.0320. The van der Waals surface area contributed by atoms with Gasteiger partial charge in [-0.25, -0.2) is 13.1 Å². The van der Waals surface area contributed by atoms with E-state index in [0.717, 1.165) is 12.8 Å². The number of hydrogen-bond acceptors (Lipinski definition) is 4. The molecule has 1 rings (SSSR count). The molecule has 3 N–H and O–H groups in total. The Labute approximate surface area is 114 Å². The van der Waals surface area contributed by atoms with Crippen molar-refractivity contribution in [2.24, 2.45) is 0 Å². The Hall–Kier alpha value is -1.52. The minimum atomic E-state index is -3.59. The second kappa shape index (κ2) is 7.16. The van der Waals surface area contributed by atoms with Crippen LogP contribution in [-0.4, -0.2) is 24.7 Å². The minimum Gasteiger partial charge on any atom is -0.381 e. The average molecular weight is 284 g/mol. The van der Waals surface area contributed by atoms with E-state index in [4.69, 9.17) is 12.2 Å². The maximum atomic E-state index is 12.0. The summed E-state index contributed by atoms with van der Waals surface area (Å²) in [6.45, 7) is 2.97. The lowest BCUT2D eigenvalue weighted by Crippen LogP contribution is -2.25. The van der Waals surface area contributed by atoms with Gasteiger partial charge >= 0.3 is 0 Å². The van der Waals surface area contributed by atoms with Crippen LogP contribution in [0.1, 0.15) is 32.6 Å². The maximum absolute atomic E-state index is 12.0. The van der Waals surface area contributed by atoms with Crippen molar-refractivity contribution in [1.29, 1.82) is 0 Å². The van der Waals surface area contributed by atoms with Crippen LogP contribution in [0.2, 0.25) is 0 Å². The Morgan fingerprint density at radius 3 is 2.89 bits per heavy atom. The summed E-state index contributed by atoms with van der Waals surface area (Å²) in [5.41, 5.74) is 5.63. The van der Waals surface area contributed by atoms with Crippen LogP contribution in [0, 0.1) is 12.3 Å². The molecule has 0 saturated heterocycles. The van der Waals surface area contributed by atoms with Gasteiger partial charge in [-0.2, -0.15) is 5.10 Å². The van der Waals surface area contributed by atoms with E-state index >= 15 is 0 Å². The molecule has 0 unspecified atom stereocenters. The van der Waals surface area contributed by atoms with E-state index < -0.39 is 10.0 Å². The molecular formula is C12H20N4O2S. The van der Waals surface area contributed by atoms with Gasteiger partial charge in [-0.05, 0) is 19.3 Å². The molecule has 0 amide bonds. The number of nitrogens with one attached hydrogen (secondary N) is 1. The quantitative estimate of drug-likeness (QED) is 0.549. The fourth-order valence-corrected chi connectivity index (χ4v) is 2.75. The van der Waals surface area contributed by atoms with Crippen molar-refractivity contribution in [2.75, 3.05) is 12.3 Å². The molecule has 106 valence electrons. The van der Waals surface area contributed by atoms with Crippen LogP contribution in [0.3, 0.4) is 0 Å². The highest BCUT2D eigenvalue weighted by Gasteiger charge is 2.20. The van der Waals surface area contributed by atoms with Crippen LogP contribution in [0.5, 0.6) is 0 Å². The second-order valence-corrected chi connectivity index (χ2v) is 5.94. The van der Waals surface area contributed by atoms with Crippen molar-refractivity contribution in [1.82, 2.24) is 14.5 Å². The third kappa shape index (κ3) is 4.58.